The van der Waals surface area contributed by atoms with E-state index in [9.17, 15) is 9.59 Å². The topological polar surface area (TPSA) is 67.2 Å². The van der Waals surface area contributed by atoms with Crippen LogP contribution in [-0.4, -0.2) is 39.1 Å². The first-order valence-corrected chi connectivity index (χ1v) is 10.2. The lowest BCUT2D eigenvalue weighted by molar-refractivity contribution is -0.129. The monoisotopic (exact) mass is 374 g/mol. The maximum atomic E-state index is 12.9. The van der Waals surface area contributed by atoms with E-state index in [-0.39, 0.29) is 28.7 Å². The van der Waals surface area contributed by atoms with E-state index in [1.807, 2.05) is 15.6 Å². The molecule has 1 N–H and O–H groups in total. The fourth-order valence-electron chi connectivity index (χ4n) is 4.05. The SMILES string of the molecule is CC(C)(C)c1cc(NC(=O)C2CC(=O)N(C3CCCC3)C2)n(C(C)(C)C)n1. The third kappa shape index (κ3) is 4.19. The van der Waals surface area contributed by atoms with Gasteiger partial charge in [0, 0.05) is 30.5 Å². The van der Waals surface area contributed by atoms with Crippen molar-refractivity contribution in [3.8, 4) is 0 Å². The number of aromatic nitrogens is 2. The maximum absolute atomic E-state index is 12.9. The molecule has 27 heavy (non-hydrogen) atoms. The van der Waals surface area contributed by atoms with Crippen LogP contribution >= 0.6 is 0 Å². The van der Waals surface area contributed by atoms with Crippen molar-refractivity contribution in [1.82, 2.24) is 14.7 Å². The van der Waals surface area contributed by atoms with Gasteiger partial charge in [-0.3, -0.25) is 9.59 Å². The van der Waals surface area contributed by atoms with Gasteiger partial charge in [-0.2, -0.15) is 5.10 Å². The molecule has 1 aromatic rings. The largest absolute Gasteiger partial charge is 0.339 e. The van der Waals surface area contributed by atoms with Gasteiger partial charge < -0.3 is 10.2 Å². The molecule has 0 aromatic carbocycles. The minimum absolute atomic E-state index is 0.0743. The number of amides is 2. The Balaban J connectivity index is 1.76. The molecule has 0 spiro atoms. The molecule has 1 aromatic heterocycles. The Kier molecular flexibility index (Phi) is 5.12. The van der Waals surface area contributed by atoms with Crippen LogP contribution in [0.1, 0.15) is 79.3 Å². The molecule has 1 saturated heterocycles. The zero-order valence-electron chi connectivity index (χ0n) is 17.6. The second kappa shape index (κ2) is 6.95. The van der Waals surface area contributed by atoms with Gasteiger partial charge in [0.15, 0.2) is 0 Å². The number of nitrogens with zero attached hydrogens (tertiary/aromatic N) is 3. The number of rotatable bonds is 3. The van der Waals surface area contributed by atoms with Crippen LogP contribution in [0.25, 0.3) is 0 Å². The van der Waals surface area contributed by atoms with Crippen molar-refractivity contribution in [2.75, 3.05) is 11.9 Å². The Labute approximate surface area is 162 Å². The Bertz CT molecular complexity index is 718. The van der Waals surface area contributed by atoms with Crippen LogP contribution in [0.5, 0.6) is 0 Å². The Morgan fingerprint density at radius 3 is 2.33 bits per heavy atom. The molecule has 0 bridgehead atoms. The summed E-state index contributed by atoms with van der Waals surface area (Å²) in [6.45, 7) is 13.1. The quantitative estimate of drug-likeness (QED) is 0.878. The maximum Gasteiger partial charge on any atom is 0.230 e. The van der Waals surface area contributed by atoms with Crippen LogP contribution in [0.15, 0.2) is 6.07 Å². The second-order valence-corrected chi connectivity index (χ2v) is 10.1. The van der Waals surface area contributed by atoms with Crippen LogP contribution in [0, 0.1) is 5.92 Å². The van der Waals surface area contributed by atoms with Crippen molar-refractivity contribution in [1.29, 1.82) is 0 Å². The summed E-state index contributed by atoms with van der Waals surface area (Å²) in [6, 6.07) is 2.30. The van der Waals surface area contributed by atoms with Gasteiger partial charge in [-0.15, -0.1) is 0 Å². The molecule has 1 saturated carbocycles. The molecule has 2 aliphatic rings. The van der Waals surface area contributed by atoms with Gasteiger partial charge >= 0.3 is 0 Å². The Morgan fingerprint density at radius 1 is 1.15 bits per heavy atom. The number of hydrogen-bond donors (Lipinski definition) is 1. The first-order chi connectivity index (χ1) is 12.5. The molecule has 1 aliphatic heterocycles. The smallest absolute Gasteiger partial charge is 0.230 e. The predicted octanol–water partition coefficient (Wildman–Crippen LogP) is 3.67. The summed E-state index contributed by atoms with van der Waals surface area (Å²) in [5.41, 5.74) is 0.606. The normalized spacial score (nSPS) is 21.9. The van der Waals surface area contributed by atoms with E-state index in [0.717, 1.165) is 18.5 Å². The minimum Gasteiger partial charge on any atom is -0.339 e. The fourth-order valence-corrected chi connectivity index (χ4v) is 4.05. The van der Waals surface area contributed by atoms with Gasteiger partial charge in [0.2, 0.25) is 11.8 Å². The zero-order valence-corrected chi connectivity index (χ0v) is 17.6. The van der Waals surface area contributed by atoms with Crippen LogP contribution in [-0.2, 0) is 20.5 Å². The first kappa shape index (κ1) is 19.9. The number of carbonyl (C=O) groups excluding carboxylic acids is 2. The van der Waals surface area contributed by atoms with Gasteiger partial charge in [-0.05, 0) is 33.6 Å². The van der Waals surface area contributed by atoms with Gasteiger partial charge in [0.25, 0.3) is 0 Å². The Hall–Kier alpha value is -1.85. The average Bonchev–Trinajstić information content (AvgIpc) is 3.23. The van der Waals surface area contributed by atoms with Crippen LogP contribution in [0.3, 0.4) is 0 Å². The number of nitrogens with one attached hydrogen (secondary N) is 1. The van der Waals surface area contributed by atoms with E-state index >= 15 is 0 Å². The average molecular weight is 375 g/mol. The lowest BCUT2D eigenvalue weighted by Crippen LogP contribution is -2.36. The molecule has 6 nitrogen and oxygen atoms in total. The number of carbonyl (C=O) groups is 2. The highest BCUT2D eigenvalue weighted by atomic mass is 16.2. The summed E-state index contributed by atoms with van der Waals surface area (Å²) in [4.78, 5) is 27.3. The van der Waals surface area contributed by atoms with Crippen molar-refractivity contribution in [3.63, 3.8) is 0 Å². The molecular weight excluding hydrogens is 340 g/mol. The zero-order chi connectivity index (χ0) is 20.0. The summed E-state index contributed by atoms with van der Waals surface area (Å²) in [5, 5.41) is 7.82. The van der Waals surface area contributed by atoms with Gasteiger partial charge in [-0.1, -0.05) is 33.6 Å². The molecule has 150 valence electrons. The molecule has 3 rings (SSSR count). The van der Waals surface area contributed by atoms with Crippen molar-refractivity contribution in [3.05, 3.63) is 11.8 Å². The summed E-state index contributed by atoms with van der Waals surface area (Å²) in [7, 11) is 0. The van der Waals surface area contributed by atoms with E-state index in [1.165, 1.54) is 12.8 Å². The van der Waals surface area contributed by atoms with Crippen LogP contribution < -0.4 is 5.32 Å². The van der Waals surface area contributed by atoms with E-state index in [1.54, 1.807) is 0 Å². The standard InChI is InChI=1S/C21H34N4O2/c1-20(2,3)16-12-17(25(23-16)21(4,5)6)22-19(27)14-11-18(26)24(13-14)15-9-7-8-10-15/h12,14-15H,7-11,13H2,1-6H3,(H,22,27). The molecule has 2 fully saturated rings. The van der Waals surface area contributed by atoms with Crippen molar-refractivity contribution in [2.45, 2.75) is 90.6 Å². The van der Waals surface area contributed by atoms with Gasteiger partial charge in [0.05, 0.1) is 17.2 Å². The summed E-state index contributed by atoms with van der Waals surface area (Å²) < 4.78 is 1.89. The van der Waals surface area contributed by atoms with Crippen LogP contribution in [0.4, 0.5) is 5.82 Å². The second-order valence-electron chi connectivity index (χ2n) is 10.1. The van der Waals surface area contributed by atoms with E-state index in [2.05, 4.69) is 46.9 Å². The summed E-state index contributed by atoms with van der Waals surface area (Å²) in [5.74, 6) is 0.486. The number of likely N-dealkylation sites (tertiary alicyclic amines) is 1. The molecule has 6 heteroatoms. The van der Waals surface area contributed by atoms with Gasteiger partial charge in [0.1, 0.15) is 5.82 Å². The van der Waals surface area contributed by atoms with Gasteiger partial charge in [-0.25, -0.2) is 4.68 Å². The van der Waals surface area contributed by atoms with Crippen molar-refractivity contribution < 1.29 is 9.59 Å². The number of anilines is 1. The molecule has 1 aliphatic carbocycles. The minimum atomic E-state index is -0.278. The summed E-state index contributed by atoms with van der Waals surface area (Å²) in [6.07, 6.45) is 4.84. The first-order valence-electron chi connectivity index (χ1n) is 10.2. The third-order valence-corrected chi connectivity index (χ3v) is 5.66. The molecule has 2 heterocycles. The number of hydrogen-bond acceptors (Lipinski definition) is 3. The molecule has 1 atom stereocenters. The Morgan fingerprint density at radius 2 is 1.78 bits per heavy atom. The molecule has 1 unspecified atom stereocenters. The van der Waals surface area contributed by atoms with E-state index in [0.29, 0.717) is 24.8 Å². The lowest BCUT2D eigenvalue weighted by atomic mass is 9.92. The predicted molar refractivity (Wildman–Crippen MR) is 107 cm³/mol. The van der Waals surface area contributed by atoms with Crippen molar-refractivity contribution >= 4 is 17.6 Å². The molecule has 0 radical (unpaired) electrons. The highest BCUT2D eigenvalue weighted by molar-refractivity contribution is 5.96. The van der Waals surface area contributed by atoms with Crippen LogP contribution in [0.2, 0.25) is 0 Å². The molecular formula is C21H34N4O2. The molecule has 2 amide bonds. The highest BCUT2D eigenvalue weighted by Crippen LogP contribution is 2.31. The van der Waals surface area contributed by atoms with E-state index < -0.39 is 0 Å². The highest BCUT2D eigenvalue weighted by Gasteiger charge is 2.39. The van der Waals surface area contributed by atoms with Crippen molar-refractivity contribution in [2.24, 2.45) is 5.92 Å². The fraction of sp³-hybridized carbons (Fsp3) is 0.762. The lowest BCUT2D eigenvalue weighted by Gasteiger charge is -2.24. The third-order valence-electron chi connectivity index (χ3n) is 5.66. The van der Waals surface area contributed by atoms with E-state index in [4.69, 9.17) is 5.10 Å². The summed E-state index contributed by atoms with van der Waals surface area (Å²) >= 11 is 0.